The van der Waals surface area contributed by atoms with E-state index in [2.05, 4.69) is 17.1 Å². The third-order valence-electron chi connectivity index (χ3n) is 5.54. The highest BCUT2D eigenvalue weighted by molar-refractivity contribution is 5.95. The molecule has 1 fully saturated rings. The predicted molar refractivity (Wildman–Crippen MR) is 122 cm³/mol. The van der Waals surface area contributed by atoms with Gasteiger partial charge in [0.1, 0.15) is 11.3 Å². The van der Waals surface area contributed by atoms with E-state index in [9.17, 15) is 9.59 Å². The Balaban J connectivity index is 1.77. The van der Waals surface area contributed by atoms with Crippen LogP contribution in [0.1, 0.15) is 36.5 Å². The lowest BCUT2D eigenvalue weighted by atomic mass is 10.0. The highest BCUT2D eigenvalue weighted by atomic mass is 16.5. The average Bonchev–Trinajstić information content (AvgIpc) is 2.81. The van der Waals surface area contributed by atoms with Gasteiger partial charge in [-0.05, 0) is 31.5 Å². The van der Waals surface area contributed by atoms with Crippen LogP contribution in [0.4, 0.5) is 0 Å². The van der Waals surface area contributed by atoms with Crippen LogP contribution in [0.5, 0.6) is 5.75 Å². The Labute approximate surface area is 184 Å². The molecule has 0 bridgehead atoms. The molecule has 1 aromatic carbocycles. The number of morpholine rings is 1. The smallest absolute Gasteiger partial charge is 0.263 e. The first-order chi connectivity index (χ1) is 15.1. The van der Waals surface area contributed by atoms with Crippen molar-refractivity contribution < 1.29 is 14.3 Å². The van der Waals surface area contributed by atoms with Crippen LogP contribution in [0.15, 0.2) is 41.3 Å². The molecule has 7 nitrogen and oxygen atoms in total. The number of methoxy groups -OCH3 is 1. The van der Waals surface area contributed by atoms with E-state index in [-0.39, 0.29) is 17.0 Å². The number of unbranched alkanes of at least 4 members (excludes halogenated alkanes) is 1. The van der Waals surface area contributed by atoms with Crippen LogP contribution in [0.3, 0.4) is 0 Å². The number of nitrogens with one attached hydrogen (secondary N) is 1. The summed E-state index contributed by atoms with van der Waals surface area (Å²) >= 11 is 0. The number of ether oxygens (including phenoxy) is 2. The molecule has 0 unspecified atom stereocenters. The second-order valence-corrected chi connectivity index (χ2v) is 7.76. The summed E-state index contributed by atoms with van der Waals surface area (Å²) in [6.45, 7) is 7.48. The molecule has 0 saturated carbocycles. The van der Waals surface area contributed by atoms with E-state index in [1.807, 2.05) is 30.5 Å². The molecule has 1 aliphatic heterocycles. The number of carbonyl (C=O) groups excluding carboxylic acids is 1. The number of nitrogens with zero attached hydrogens (tertiary/aromatic N) is 2. The predicted octanol–water partition coefficient (Wildman–Crippen LogP) is 2.78. The number of amides is 1. The van der Waals surface area contributed by atoms with Crippen molar-refractivity contribution in [3.63, 3.8) is 0 Å². The monoisotopic (exact) mass is 427 g/mol. The molecule has 1 aromatic heterocycles. The van der Waals surface area contributed by atoms with Crippen molar-refractivity contribution >= 4 is 5.91 Å². The maximum absolute atomic E-state index is 13.0. The summed E-state index contributed by atoms with van der Waals surface area (Å²) in [5, 5.41) is 2.93. The topological polar surface area (TPSA) is 72.8 Å². The summed E-state index contributed by atoms with van der Waals surface area (Å²) in [4.78, 5) is 28.2. The van der Waals surface area contributed by atoms with Gasteiger partial charge in [-0.25, -0.2) is 0 Å². The molecule has 1 saturated heterocycles. The molecule has 168 valence electrons. The third-order valence-corrected chi connectivity index (χ3v) is 5.54. The number of carbonyl (C=O) groups is 1. The molecule has 2 heterocycles. The first kappa shape index (κ1) is 23.0. The Bertz CT molecular complexity index is 919. The molecule has 3 rings (SSSR count). The number of benzene rings is 1. The molecule has 0 atom stereocenters. The minimum atomic E-state index is -0.325. The van der Waals surface area contributed by atoms with Crippen LogP contribution in [0.2, 0.25) is 0 Å². The van der Waals surface area contributed by atoms with Gasteiger partial charge in [0.05, 0.1) is 20.3 Å². The van der Waals surface area contributed by atoms with Crippen molar-refractivity contribution in [1.29, 1.82) is 0 Å². The zero-order valence-electron chi connectivity index (χ0n) is 18.6. The summed E-state index contributed by atoms with van der Waals surface area (Å²) in [7, 11) is 1.62. The highest BCUT2D eigenvalue weighted by Gasteiger charge is 2.17. The van der Waals surface area contributed by atoms with Crippen molar-refractivity contribution in [3.8, 4) is 16.9 Å². The number of aromatic nitrogens is 1. The van der Waals surface area contributed by atoms with Gasteiger partial charge in [0.2, 0.25) is 0 Å². The van der Waals surface area contributed by atoms with Crippen molar-refractivity contribution in [1.82, 2.24) is 14.8 Å². The molecule has 0 aliphatic carbocycles. The van der Waals surface area contributed by atoms with Gasteiger partial charge in [0, 0.05) is 43.5 Å². The molecule has 0 spiro atoms. The quantitative estimate of drug-likeness (QED) is 0.591. The zero-order valence-corrected chi connectivity index (χ0v) is 18.6. The first-order valence-corrected chi connectivity index (χ1v) is 11.1. The number of pyridine rings is 1. The lowest BCUT2D eigenvalue weighted by Crippen LogP contribution is -2.38. The highest BCUT2D eigenvalue weighted by Crippen LogP contribution is 2.29. The van der Waals surface area contributed by atoms with Gasteiger partial charge in [-0.1, -0.05) is 31.5 Å². The Kier molecular flexibility index (Phi) is 8.67. The molecule has 31 heavy (non-hydrogen) atoms. The van der Waals surface area contributed by atoms with Gasteiger partial charge in [-0.3, -0.25) is 14.5 Å². The number of hydrogen-bond donors (Lipinski definition) is 1. The molecule has 1 aliphatic rings. The fourth-order valence-corrected chi connectivity index (χ4v) is 3.75. The Morgan fingerprint density at radius 3 is 2.68 bits per heavy atom. The summed E-state index contributed by atoms with van der Waals surface area (Å²) in [5.74, 6) is 0.383. The van der Waals surface area contributed by atoms with Gasteiger partial charge in [-0.15, -0.1) is 0 Å². The van der Waals surface area contributed by atoms with Crippen molar-refractivity contribution in [3.05, 3.63) is 52.4 Å². The van der Waals surface area contributed by atoms with Crippen LogP contribution in [-0.4, -0.2) is 61.9 Å². The average molecular weight is 428 g/mol. The fraction of sp³-hybridized carbons (Fsp3) is 0.500. The summed E-state index contributed by atoms with van der Waals surface area (Å²) in [6, 6.07) is 9.32. The summed E-state index contributed by atoms with van der Waals surface area (Å²) < 4.78 is 12.5. The number of rotatable bonds is 10. The minimum absolute atomic E-state index is 0.172. The van der Waals surface area contributed by atoms with Gasteiger partial charge in [0.15, 0.2) is 0 Å². The van der Waals surface area contributed by atoms with Gasteiger partial charge in [-0.2, -0.15) is 0 Å². The fourth-order valence-electron chi connectivity index (χ4n) is 3.75. The molecular weight excluding hydrogens is 394 g/mol. The molecule has 7 heteroatoms. The third kappa shape index (κ3) is 6.18. The van der Waals surface area contributed by atoms with Crippen LogP contribution >= 0.6 is 0 Å². The molecule has 1 N–H and O–H groups in total. The Hall–Kier alpha value is -2.64. The number of hydrogen-bond acceptors (Lipinski definition) is 5. The Morgan fingerprint density at radius 1 is 1.16 bits per heavy atom. The van der Waals surface area contributed by atoms with E-state index < -0.39 is 0 Å². The van der Waals surface area contributed by atoms with E-state index in [0.29, 0.717) is 18.8 Å². The normalized spacial score (nSPS) is 14.4. The van der Waals surface area contributed by atoms with E-state index in [4.69, 9.17) is 9.47 Å². The maximum Gasteiger partial charge on any atom is 0.263 e. The van der Waals surface area contributed by atoms with Crippen LogP contribution in [0, 0.1) is 0 Å². The second-order valence-electron chi connectivity index (χ2n) is 7.76. The standard InChI is InChI=1S/C24H33N3O4/c1-3-4-12-27-18-19(20-8-5-6-9-22(20)30-2)17-21(24(27)29)23(28)25-10-7-11-26-13-15-31-16-14-26/h5-6,8-9,17-18H,3-4,7,10-16H2,1-2H3,(H,25,28). The van der Waals surface area contributed by atoms with Crippen LogP contribution in [0.25, 0.3) is 11.1 Å². The molecule has 0 radical (unpaired) electrons. The first-order valence-electron chi connectivity index (χ1n) is 11.1. The summed E-state index contributed by atoms with van der Waals surface area (Å²) in [6.07, 6.45) is 4.50. The van der Waals surface area contributed by atoms with Crippen LogP contribution < -0.4 is 15.6 Å². The molecular formula is C24H33N3O4. The SMILES string of the molecule is CCCCn1cc(-c2ccccc2OC)cc(C(=O)NCCCN2CCOCC2)c1=O. The van der Waals surface area contributed by atoms with Crippen molar-refractivity contribution in [2.24, 2.45) is 0 Å². The minimum Gasteiger partial charge on any atom is -0.496 e. The van der Waals surface area contributed by atoms with E-state index in [1.165, 1.54) is 0 Å². The van der Waals surface area contributed by atoms with E-state index >= 15 is 0 Å². The molecule has 1 amide bonds. The zero-order chi connectivity index (χ0) is 22.1. The number of aryl methyl sites for hydroxylation is 1. The molecule has 2 aromatic rings. The van der Waals surface area contributed by atoms with E-state index in [1.54, 1.807) is 17.7 Å². The van der Waals surface area contributed by atoms with E-state index in [0.717, 1.165) is 63.2 Å². The second kappa shape index (κ2) is 11.7. The van der Waals surface area contributed by atoms with Gasteiger partial charge in [0.25, 0.3) is 11.5 Å². The maximum atomic E-state index is 13.0. The number of para-hydroxylation sites is 1. The Morgan fingerprint density at radius 2 is 1.94 bits per heavy atom. The lowest BCUT2D eigenvalue weighted by molar-refractivity contribution is 0.0374. The largest absolute Gasteiger partial charge is 0.496 e. The van der Waals surface area contributed by atoms with Gasteiger partial charge < -0.3 is 19.4 Å². The van der Waals surface area contributed by atoms with Crippen LogP contribution in [-0.2, 0) is 11.3 Å². The lowest BCUT2D eigenvalue weighted by Gasteiger charge is -2.26. The summed E-state index contributed by atoms with van der Waals surface area (Å²) in [5.41, 5.74) is 1.58. The van der Waals surface area contributed by atoms with Crippen molar-refractivity contribution in [2.45, 2.75) is 32.7 Å². The van der Waals surface area contributed by atoms with Crippen molar-refractivity contribution in [2.75, 3.05) is 46.5 Å². The van der Waals surface area contributed by atoms with Gasteiger partial charge >= 0.3 is 0 Å².